The van der Waals surface area contributed by atoms with E-state index in [9.17, 15) is 0 Å². The van der Waals surface area contributed by atoms with Crippen molar-refractivity contribution >= 4 is 35.1 Å². The fourth-order valence-electron chi connectivity index (χ4n) is 3.30. The lowest BCUT2D eigenvalue weighted by atomic mass is 10.1. The number of hydrogen-bond acceptors (Lipinski definition) is 7. The number of carboxylic acids is 2. The van der Waals surface area contributed by atoms with Crippen LogP contribution in [0.1, 0.15) is 5.56 Å². The molecule has 1 saturated heterocycles. The van der Waals surface area contributed by atoms with Crippen molar-refractivity contribution in [1.82, 2.24) is 9.55 Å². The fourth-order valence-corrected chi connectivity index (χ4v) is 3.85. The topological polar surface area (TPSA) is 161 Å². The Labute approximate surface area is 216 Å². The maximum atomic E-state index is 9.10. The van der Waals surface area contributed by atoms with Gasteiger partial charge in [0.15, 0.2) is 11.5 Å². The van der Waals surface area contributed by atoms with Crippen molar-refractivity contribution in [3.05, 3.63) is 76.8 Å². The van der Waals surface area contributed by atoms with Gasteiger partial charge in [-0.3, -0.25) is 0 Å². The monoisotopic (exact) mass is 542 g/mol. The lowest BCUT2D eigenvalue weighted by molar-refractivity contribution is -0.189. The number of aromatic nitrogens is 2. The van der Waals surface area contributed by atoms with E-state index < -0.39 is 17.7 Å². The molecular weight excluding hydrogens is 519 g/mol. The number of carboxylic acid groups (broad SMARTS) is 2. The summed E-state index contributed by atoms with van der Waals surface area (Å²) in [6, 6.07) is 12.7. The predicted molar refractivity (Wildman–Crippen MR) is 129 cm³/mol. The van der Waals surface area contributed by atoms with E-state index in [0.717, 1.165) is 0 Å². The molecule has 0 saturated carbocycles. The maximum absolute atomic E-state index is 9.10. The maximum Gasteiger partial charge on any atom is 0.414 e. The molecule has 3 aromatic rings. The van der Waals surface area contributed by atoms with Gasteiger partial charge in [-0.1, -0.05) is 41.4 Å². The molecule has 194 valence electrons. The lowest BCUT2D eigenvalue weighted by Gasteiger charge is -2.30. The molecular formula is C23H24Cl2N2O9. The second-order valence-electron chi connectivity index (χ2n) is 7.24. The van der Waals surface area contributed by atoms with Crippen molar-refractivity contribution in [2.75, 3.05) is 20.3 Å². The Morgan fingerprint density at radius 3 is 2.44 bits per heavy atom. The van der Waals surface area contributed by atoms with Crippen LogP contribution in [0.25, 0.3) is 0 Å². The summed E-state index contributed by atoms with van der Waals surface area (Å²) in [5.41, 5.74) is 0.706. The van der Waals surface area contributed by atoms with E-state index in [1.165, 1.54) is 0 Å². The molecule has 0 bridgehead atoms. The summed E-state index contributed by atoms with van der Waals surface area (Å²) >= 11 is 12.6. The molecule has 11 nitrogen and oxygen atoms in total. The number of hydrogen-bond donors (Lipinski definition) is 2. The number of rotatable bonds is 7. The largest absolute Gasteiger partial charge is 0.493 e. The van der Waals surface area contributed by atoms with Gasteiger partial charge in [0.05, 0.1) is 31.6 Å². The molecule has 2 heterocycles. The molecule has 1 aromatic heterocycles. The van der Waals surface area contributed by atoms with E-state index in [2.05, 4.69) is 4.98 Å². The van der Waals surface area contributed by atoms with Gasteiger partial charge in [-0.2, -0.15) is 0 Å². The molecule has 2 unspecified atom stereocenters. The zero-order chi connectivity index (χ0) is 25.4. The Morgan fingerprint density at radius 2 is 1.86 bits per heavy atom. The molecule has 0 amide bonds. The fraction of sp³-hybridized carbons (Fsp3) is 0.261. The Hall–Kier alpha value is -3.35. The van der Waals surface area contributed by atoms with Gasteiger partial charge in [-0.25, -0.2) is 14.6 Å². The molecule has 0 spiro atoms. The summed E-state index contributed by atoms with van der Waals surface area (Å²) in [6.07, 6.45) is 4.96. The second kappa shape index (κ2) is 13.1. The van der Waals surface area contributed by atoms with E-state index in [-0.39, 0.29) is 11.6 Å². The number of methoxy groups -OCH3 is 1. The normalized spacial score (nSPS) is 18.4. The molecule has 2 atom stereocenters. The quantitative estimate of drug-likeness (QED) is 0.427. The summed E-state index contributed by atoms with van der Waals surface area (Å²) in [5.74, 6) is -3.41. The van der Waals surface area contributed by atoms with Crippen LogP contribution < -0.4 is 9.47 Å². The minimum Gasteiger partial charge on any atom is -0.493 e. The van der Waals surface area contributed by atoms with Gasteiger partial charge in [0.2, 0.25) is 5.79 Å². The number of benzene rings is 2. The van der Waals surface area contributed by atoms with Gasteiger partial charge in [-0.05, 0) is 24.3 Å². The van der Waals surface area contributed by atoms with E-state index >= 15 is 0 Å². The molecule has 13 heteroatoms. The van der Waals surface area contributed by atoms with Crippen LogP contribution >= 0.6 is 23.2 Å². The Morgan fingerprint density at radius 1 is 1.17 bits per heavy atom. The van der Waals surface area contributed by atoms with Crippen LogP contribution in [0.15, 0.2) is 61.2 Å². The summed E-state index contributed by atoms with van der Waals surface area (Å²) < 4.78 is 25.7. The van der Waals surface area contributed by atoms with Crippen molar-refractivity contribution in [2.45, 2.75) is 18.4 Å². The SMILES string of the molecule is COc1ccccc1OCC1COC(Cn2ccnc2)(c2ccc(Cl)cc2Cl)O1.O.O=C(O)C(=O)O. The van der Waals surface area contributed by atoms with Crippen molar-refractivity contribution in [3.63, 3.8) is 0 Å². The van der Waals surface area contributed by atoms with Gasteiger partial charge < -0.3 is 39.2 Å². The summed E-state index contributed by atoms with van der Waals surface area (Å²) in [4.78, 5) is 22.3. The van der Waals surface area contributed by atoms with Crippen LogP contribution in [0.2, 0.25) is 10.0 Å². The first kappa shape index (κ1) is 28.9. The average Bonchev–Trinajstić information content (AvgIpc) is 3.49. The lowest BCUT2D eigenvalue weighted by Crippen LogP contribution is -2.34. The third kappa shape index (κ3) is 7.33. The van der Waals surface area contributed by atoms with Crippen LogP contribution in [0.5, 0.6) is 11.5 Å². The molecule has 1 aliphatic heterocycles. The predicted octanol–water partition coefficient (Wildman–Crippen LogP) is 2.88. The summed E-state index contributed by atoms with van der Waals surface area (Å²) in [5, 5.41) is 15.8. The minimum absolute atomic E-state index is 0. The van der Waals surface area contributed by atoms with Crippen LogP contribution in [0.4, 0.5) is 0 Å². The van der Waals surface area contributed by atoms with Crippen LogP contribution in [-0.2, 0) is 31.4 Å². The Kier molecular flexibility index (Phi) is 10.5. The van der Waals surface area contributed by atoms with Crippen molar-refractivity contribution < 1.29 is 44.2 Å². The molecule has 4 N–H and O–H groups in total. The van der Waals surface area contributed by atoms with Crippen molar-refractivity contribution in [2.24, 2.45) is 0 Å². The molecule has 0 aliphatic carbocycles. The first-order chi connectivity index (χ1) is 16.7. The first-order valence-corrected chi connectivity index (χ1v) is 10.9. The van der Waals surface area contributed by atoms with E-state index in [1.807, 2.05) is 41.1 Å². The molecule has 0 radical (unpaired) electrons. The summed E-state index contributed by atoms with van der Waals surface area (Å²) in [6.45, 7) is 1.04. The molecule has 1 aliphatic rings. The van der Waals surface area contributed by atoms with Gasteiger partial charge in [-0.15, -0.1) is 0 Å². The number of ether oxygens (including phenoxy) is 4. The molecule has 4 rings (SSSR count). The average molecular weight is 543 g/mol. The number of para-hydroxylation sites is 2. The zero-order valence-corrected chi connectivity index (χ0v) is 20.5. The highest BCUT2D eigenvalue weighted by atomic mass is 35.5. The zero-order valence-electron chi connectivity index (χ0n) is 19.0. The third-order valence-corrected chi connectivity index (χ3v) is 5.38. The highest BCUT2D eigenvalue weighted by Gasteiger charge is 2.45. The molecule has 1 fully saturated rings. The van der Waals surface area contributed by atoms with Gasteiger partial charge in [0.1, 0.15) is 12.7 Å². The van der Waals surface area contributed by atoms with Gasteiger partial charge >= 0.3 is 11.9 Å². The first-order valence-electron chi connectivity index (χ1n) is 10.2. The number of halogens is 2. The second-order valence-corrected chi connectivity index (χ2v) is 8.08. The van der Waals surface area contributed by atoms with Crippen molar-refractivity contribution in [1.29, 1.82) is 0 Å². The van der Waals surface area contributed by atoms with Crippen LogP contribution in [-0.4, -0.2) is 63.6 Å². The number of carbonyl (C=O) groups is 2. The van der Waals surface area contributed by atoms with Gasteiger partial charge in [0, 0.05) is 23.0 Å². The molecule has 2 aromatic carbocycles. The number of imidazole rings is 1. The number of nitrogens with zero attached hydrogens (tertiary/aromatic N) is 2. The summed E-state index contributed by atoms with van der Waals surface area (Å²) in [7, 11) is 1.61. The van der Waals surface area contributed by atoms with Crippen molar-refractivity contribution in [3.8, 4) is 11.5 Å². The van der Waals surface area contributed by atoms with Gasteiger partial charge in [0.25, 0.3) is 0 Å². The highest BCUT2D eigenvalue weighted by molar-refractivity contribution is 6.35. The van der Waals surface area contributed by atoms with E-state index in [1.54, 1.807) is 31.8 Å². The highest BCUT2D eigenvalue weighted by Crippen LogP contribution is 2.40. The number of aliphatic carboxylic acids is 2. The Balaban J connectivity index is 0.000000584. The molecule has 36 heavy (non-hydrogen) atoms. The van der Waals surface area contributed by atoms with Crippen LogP contribution in [0.3, 0.4) is 0 Å². The smallest absolute Gasteiger partial charge is 0.414 e. The van der Waals surface area contributed by atoms with E-state index in [4.69, 9.17) is 62.0 Å². The Bertz CT molecular complexity index is 1150. The standard InChI is InChI=1S/C21H20Cl2N2O4.C2H2O4.H2O/c1-26-19-4-2-3-5-20(19)27-11-16-12-28-21(29-16,13-25-9-8-24-14-25)17-7-6-15(22)10-18(17)23;3-1(4)2(5)6;/h2-10,14,16H,11-13H2,1H3;(H,3,4)(H,5,6);1H2. The third-order valence-electron chi connectivity index (χ3n) is 4.83. The van der Waals surface area contributed by atoms with E-state index in [0.29, 0.717) is 46.9 Å². The van der Waals surface area contributed by atoms with Crippen LogP contribution in [0, 0.1) is 0 Å². The minimum atomic E-state index is -1.82.